The molecule has 1 heterocycles. The number of hydrogen-bond acceptors (Lipinski definition) is 3. The third kappa shape index (κ3) is 2.57. The minimum atomic E-state index is -0.909. The minimum absolute atomic E-state index is 0.164. The van der Waals surface area contributed by atoms with Crippen LogP contribution in [-0.2, 0) is 0 Å². The van der Waals surface area contributed by atoms with Crippen LogP contribution in [0.3, 0.4) is 0 Å². The molecule has 1 amide bonds. The van der Waals surface area contributed by atoms with E-state index in [1.165, 1.54) is 0 Å². The second-order valence-corrected chi connectivity index (χ2v) is 3.37. The van der Waals surface area contributed by atoms with Crippen LogP contribution in [0, 0.1) is 11.6 Å². The number of carbonyl (C=O) groups is 1. The number of H-pyrrole nitrogens is 1. The van der Waals surface area contributed by atoms with Crippen LogP contribution in [0.25, 0.3) is 0 Å². The molecule has 1 aromatic carbocycles. The molecule has 0 bridgehead atoms. The first-order valence-corrected chi connectivity index (χ1v) is 4.87. The Hall–Kier alpha value is -2.57. The van der Waals surface area contributed by atoms with Gasteiger partial charge in [-0.05, 0) is 12.1 Å². The van der Waals surface area contributed by atoms with Crippen molar-refractivity contribution < 1.29 is 13.6 Å². The Balaban J connectivity index is 2.24. The van der Waals surface area contributed by atoms with E-state index < -0.39 is 23.1 Å². The molecular weight excluding hydrogens is 244 g/mol. The molecule has 0 fully saturated rings. The van der Waals surface area contributed by atoms with E-state index in [0.717, 1.165) is 24.5 Å². The molecule has 0 saturated heterocycles. The first kappa shape index (κ1) is 11.9. The normalized spacial score (nSPS) is 10.1. The molecule has 7 heteroatoms. The molecule has 92 valence electrons. The highest BCUT2D eigenvalue weighted by molar-refractivity contribution is 6.02. The lowest BCUT2D eigenvalue weighted by Crippen LogP contribution is -2.18. The summed E-state index contributed by atoms with van der Waals surface area (Å²) in [6.07, 6.45) is 1.05. The second kappa shape index (κ2) is 4.74. The number of benzene rings is 1. The molecule has 0 saturated carbocycles. The molecule has 2 rings (SSSR count). The molecule has 5 nitrogen and oxygen atoms in total. The van der Waals surface area contributed by atoms with Crippen molar-refractivity contribution in [2.75, 3.05) is 5.32 Å². The van der Waals surface area contributed by atoms with E-state index >= 15 is 0 Å². The van der Waals surface area contributed by atoms with E-state index in [9.17, 15) is 18.4 Å². The average Bonchev–Trinajstić information content (AvgIpc) is 2.32. The molecule has 2 N–H and O–H groups in total. The Morgan fingerprint density at radius 2 is 2.06 bits per heavy atom. The zero-order valence-electron chi connectivity index (χ0n) is 8.91. The third-order valence-corrected chi connectivity index (χ3v) is 2.09. The first-order chi connectivity index (χ1) is 8.56. The average molecular weight is 251 g/mol. The lowest BCUT2D eigenvalue weighted by molar-refractivity contribution is 0.102. The molecule has 0 spiro atoms. The molecule has 0 unspecified atom stereocenters. The highest BCUT2D eigenvalue weighted by Gasteiger charge is 2.11. The van der Waals surface area contributed by atoms with Gasteiger partial charge < -0.3 is 10.3 Å². The standard InChI is InChI=1S/C11H7F2N3O2/c12-6-1-2-8(7(13)3-6)16-11(18)9-4-10(17)15-5-14-9/h1-5H,(H,16,18)(H,14,15,17). The molecule has 18 heavy (non-hydrogen) atoms. The minimum Gasteiger partial charge on any atom is -0.318 e. The number of anilines is 1. The van der Waals surface area contributed by atoms with Crippen LogP contribution in [0.1, 0.15) is 10.5 Å². The van der Waals surface area contributed by atoms with Crippen LogP contribution in [0.15, 0.2) is 35.4 Å². The highest BCUT2D eigenvalue weighted by atomic mass is 19.1. The first-order valence-electron chi connectivity index (χ1n) is 4.87. The number of aromatic amines is 1. The van der Waals surface area contributed by atoms with Crippen LogP contribution in [0.2, 0.25) is 0 Å². The maximum atomic E-state index is 13.3. The summed E-state index contributed by atoms with van der Waals surface area (Å²) in [6.45, 7) is 0. The van der Waals surface area contributed by atoms with Crippen molar-refractivity contribution in [3.05, 3.63) is 58.3 Å². The predicted molar refractivity (Wildman–Crippen MR) is 59.2 cm³/mol. The fraction of sp³-hybridized carbons (Fsp3) is 0. The zero-order valence-corrected chi connectivity index (χ0v) is 8.91. The van der Waals surface area contributed by atoms with Gasteiger partial charge in [0.2, 0.25) is 0 Å². The smallest absolute Gasteiger partial charge is 0.274 e. The van der Waals surface area contributed by atoms with Gasteiger partial charge in [0.15, 0.2) is 0 Å². The van der Waals surface area contributed by atoms with E-state index in [0.29, 0.717) is 6.07 Å². The summed E-state index contributed by atoms with van der Waals surface area (Å²) < 4.78 is 25.9. The molecule has 0 aliphatic rings. The molecule has 0 radical (unpaired) electrons. The lowest BCUT2D eigenvalue weighted by atomic mass is 10.3. The summed E-state index contributed by atoms with van der Waals surface area (Å²) in [6, 6.07) is 3.69. The van der Waals surface area contributed by atoms with Gasteiger partial charge in [0.05, 0.1) is 12.0 Å². The number of rotatable bonds is 2. The number of halogens is 2. The lowest BCUT2D eigenvalue weighted by Gasteiger charge is -2.05. The fourth-order valence-electron chi connectivity index (χ4n) is 1.27. The van der Waals surface area contributed by atoms with Crippen molar-refractivity contribution in [1.29, 1.82) is 0 Å². The Kier molecular flexibility index (Phi) is 3.13. The quantitative estimate of drug-likeness (QED) is 0.844. The second-order valence-electron chi connectivity index (χ2n) is 3.37. The van der Waals surface area contributed by atoms with Gasteiger partial charge in [0.25, 0.3) is 11.5 Å². The number of nitrogens with one attached hydrogen (secondary N) is 2. The van der Waals surface area contributed by atoms with Crippen LogP contribution in [0.5, 0.6) is 0 Å². The number of amides is 1. The molecule has 1 aromatic heterocycles. The summed E-state index contributed by atoms with van der Waals surface area (Å²) in [5, 5.41) is 2.19. The van der Waals surface area contributed by atoms with Gasteiger partial charge in [-0.25, -0.2) is 13.8 Å². The van der Waals surface area contributed by atoms with Crippen molar-refractivity contribution in [3.8, 4) is 0 Å². The van der Waals surface area contributed by atoms with Gasteiger partial charge >= 0.3 is 0 Å². The van der Waals surface area contributed by atoms with Gasteiger partial charge in [0, 0.05) is 12.1 Å². The molecular formula is C11H7F2N3O2. The van der Waals surface area contributed by atoms with Crippen molar-refractivity contribution in [2.45, 2.75) is 0 Å². The van der Waals surface area contributed by atoms with E-state index in [-0.39, 0.29) is 11.4 Å². The monoisotopic (exact) mass is 251 g/mol. The predicted octanol–water partition coefficient (Wildman–Crippen LogP) is 1.30. The summed E-state index contributed by atoms with van der Waals surface area (Å²) in [4.78, 5) is 28.4. The Morgan fingerprint density at radius 1 is 1.28 bits per heavy atom. The van der Waals surface area contributed by atoms with Gasteiger partial charge in [0.1, 0.15) is 17.3 Å². The number of nitrogens with zero attached hydrogens (tertiary/aromatic N) is 1. The fourth-order valence-corrected chi connectivity index (χ4v) is 1.27. The van der Waals surface area contributed by atoms with Crippen molar-refractivity contribution >= 4 is 11.6 Å². The molecule has 0 atom stereocenters. The Morgan fingerprint density at radius 3 is 2.72 bits per heavy atom. The van der Waals surface area contributed by atoms with E-state index in [2.05, 4.69) is 15.3 Å². The van der Waals surface area contributed by atoms with Gasteiger partial charge in [-0.15, -0.1) is 0 Å². The largest absolute Gasteiger partial charge is 0.318 e. The van der Waals surface area contributed by atoms with Gasteiger partial charge in [-0.3, -0.25) is 9.59 Å². The SMILES string of the molecule is O=C(Nc1ccc(F)cc1F)c1cc(=O)[nH]cn1. The zero-order chi connectivity index (χ0) is 13.1. The topological polar surface area (TPSA) is 74.8 Å². The van der Waals surface area contributed by atoms with Crippen molar-refractivity contribution in [2.24, 2.45) is 0 Å². The van der Waals surface area contributed by atoms with E-state index in [1.807, 2.05) is 0 Å². The maximum absolute atomic E-state index is 13.3. The Labute approximate surface area is 99.5 Å². The maximum Gasteiger partial charge on any atom is 0.274 e. The summed E-state index contributed by atoms with van der Waals surface area (Å²) in [5.74, 6) is -2.42. The molecule has 2 aromatic rings. The number of hydrogen-bond donors (Lipinski definition) is 2. The number of carbonyl (C=O) groups excluding carboxylic acids is 1. The van der Waals surface area contributed by atoms with Crippen LogP contribution in [-0.4, -0.2) is 15.9 Å². The van der Waals surface area contributed by atoms with Crippen molar-refractivity contribution in [3.63, 3.8) is 0 Å². The molecule has 0 aliphatic carbocycles. The van der Waals surface area contributed by atoms with Crippen LogP contribution < -0.4 is 10.9 Å². The Bertz CT molecular complexity index is 655. The summed E-state index contributed by atoms with van der Waals surface area (Å²) >= 11 is 0. The van der Waals surface area contributed by atoms with E-state index in [4.69, 9.17) is 0 Å². The van der Waals surface area contributed by atoms with Crippen LogP contribution >= 0.6 is 0 Å². The molecule has 0 aliphatic heterocycles. The van der Waals surface area contributed by atoms with Crippen LogP contribution in [0.4, 0.5) is 14.5 Å². The van der Waals surface area contributed by atoms with Crippen molar-refractivity contribution in [1.82, 2.24) is 9.97 Å². The highest BCUT2D eigenvalue weighted by Crippen LogP contribution is 2.15. The van der Waals surface area contributed by atoms with Gasteiger partial charge in [-0.1, -0.05) is 0 Å². The van der Waals surface area contributed by atoms with Gasteiger partial charge in [-0.2, -0.15) is 0 Å². The third-order valence-electron chi connectivity index (χ3n) is 2.09. The summed E-state index contributed by atoms with van der Waals surface area (Å²) in [7, 11) is 0. The van der Waals surface area contributed by atoms with E-state index in [1.54, 1.807) is 0 Å². The number of aromatic nitrogens is 2. The summed E-state index contributed by atoms with van der Waals surface area (Å²) in [5.41, 5.74) is -0.860.